The van der Waals surface area contributed by atoms with E-state index in [9.17, 15) is 28.8 Å². The van der Waals surface area contributed by atoms with Gasteiger partial charge in [0.05, 0.1) is 12.0 Å². The Hall–Kier alpha value is -4.64. The minimum absolute atomic E-state index is 0.00779. The number of carbonyl (C=O) groups excluding carboxylic acids is 6. The predicted molar refractivity (Wildman–Crippen MR) is 214 cm³/mol. The molecule has 17 heteroatoms. The van der Waals surface area contributed by atoms with Gasteiger partial charge in [-0.1, -0.05) is 84.9 Å². The SMILES string of the molecule is CCCCNC(=O)OC(C)N(CCCC)C(C)(OC(=O)NCCCC)N(C(C)OC(=O)NCCCC)C1(OC(=O)NCCCC)CC(=O)c2ccccc2C(=O)N1. The van der Waals surface area contributed by atoms with Crippen LogP contribution in [0.1, 0.15) is 147 Å². The Balaban J connectivity index is 3.00. The molecule has 5 N–H and O–H groups in total. The van der Waals surface area contributed by atoms with E-state index in [0.29, 0.717) is 45.1 Å². The molecule has 1 aromatic carbocycles. The Morgan fingerprint density at radius 2 is 1.16 bits per heavy atom. The number of alkyl carbamates (subject to hydrolysis) is 4. The number of benzene rings is 1. The average Bonchev–Trinajstić information content (AvgIpc) is 3.25. The van der Waals surface area contributed by atoms with Crippen molar-refractivity contribution in [3.8, 4) is 0 Å². The number of unbranched alkanes of at least 4 members (excludes halogenated alkanes) is 5. The highest BCUT2D eigenvalue weighted by atomic mass is 16.7. The van der Waals surface area contributed by atoms with E-state index in [1.54, 1.807) is 19.1 Å². The molecule has 1 aliphatic heterocycles. The lowest BCUT2D eigenvalue weighted by molar-refractivity contribution is -0.334. The maximum atomic E-state index is 14.3. The normalized spacial score (nSPS) is 17.2. The van der Waals surface area contributed by atoms with Gasteiger partial charge in [0.25, 0.3) is 11.8 Å². The Morgan fingerprint density at radius 1 is 0.702 bits per heavy atom. The van der Waals surface area contributed by atoms with E-state index in [1.807, 2.05) is 34.6 Å². The monoisotopic (exact) mass is 805 g/mol. The van der Waals surface area contributed by atoms with Crippen LogP contribution in [0.15, 0.2) is 24.3 Å². The van der Waals surface area contributed by atoms with Gasteiger partial charge in [-0.3, -0.25) is 9.59 Å². The van der Waals surface area contributed by atoms with Crippen molar-refractivity contribution in [2.24, 2.45) is 0 Å². The molecule has 2 rings (SSSR count). The molecule has 0 spiro atoms. The van der Waals surface area contributed by atoms with Crippen LogP contribution < -0.4 is 26.6 Å². The highest BCUT2D eigenvalue weighted by Gasteiger charge is 2.61. The molecule has 322 valence electrons. The molecule has 4 unspecified atom stereocenters. The predicted octanol–water partition coefficient (Wildman–Crippen LogP) is 6.53. The number of hydrogen-bond acceptors (Lipinski definition) is 12. The summed E-state index contributed by atoms with van der Waals surface area (Å²) in [5.74, 6) is -6.12. The summed E-state index contributed by atoms with van der Waals surface area (Å²) < 4.78 is 24.4. The molecule has 17 nitrogen and oxygen atoms in total. The third-order valence-corrected chi connectivity index (χ3v) is 9.41. The van der Waals surface area contributed by atoms with Crippen molar-refractivity contribution < 1.29 is 47.7 Å². The number of rotatable bonds is 24. The zero-order chi connectivity index (χ0) is 42.4. The molecular formula is C40H67N7O10. The second kappa shape index (κ2) is 24.9. The van der Waals surface area contributed by atoms with Crippen LogP contribution in [-0.4, -0.2) is 103 Å². The lowest BCUT2D eigenvalue weighted by atomic mass is 10.0. The second-order valence-corrected chi connectivity index (χ2v) is 14.1. The largest absolute Gasteiger partial charge is 0.430 e. The molecule has 5 amide bonds. The van der Waals surface area contributed by atoms with Crippen LogP contribution in [0.2, 0.25) is 0 Å². The van der Waals surface area contributed by atoms with Crippen LogP contribution in [0.4, 0.5) is 19.2 Å². The van der Waals surface area contributed by atoms with Gasteiger partial charge in [0.15, 0.2) is 18.2 Å². The number of nitrogens with one attached hydrogen (secondary N) is 5. The standard InChI is InChI=1S/C40H67N7O10/c1-9-14-23-41-35(50)54-29(6)46(27-18-13-5)39(8,56-37(52)43-25-16-11-3)47(30(7)55-36(51)42-24-15-10-2)40(57-38(53)44-26-17-12-4)28-33(48)31-21-19-20-22-32(31)34(49)45-40/h19-22,29-30H,9-18,23-28H2,1-8H3,(H,41,50)(H,42,51)(H,43,52)(H,44,53)(H,45,49). The van der Waals surface area contributed by atoms with Gasteiger partial charge in [-0.2, -0.15) is 4.90 Å². The number of hydrogen-bond donors (Lipinski definition) is 5. The highest BCUT2D eigenvalue weighted by molar-refractivity contribution is 6.10. The number of ketones is 1. The smallest absolute Gasteiger partial charge is 0.410 e. The molecule has 0 fully saturated rings. The van der Waals surface area contributed by atoms with E-state index < -0.39 is 66.6 Å². The van der Waals surface area contributed by atoms with E-state index >= 15 is 0 Å². The van der Waals surface area contributed by atoms with Crippen LogP contribution >= 0.6 is 0 Å². The maximum absolute atomic E-state index is 14.3. The number of carbonyl (C=O) groups is 6. The van der Waals surface area contributed by atoms with Gasteiger partial charge in [0, 0.05) is 45.2 Å². The average molecular weight is 806 g/mol. The third kappa shape index (κ3) is 14.7. The molecule has 0 aromatic heterocycles. The summed E-state index contributed by atoms with van der Waals surface area (Å²) in [5.41, 5.74) is 0.0642. The van der Waals surface area contributed by atoms with Gasteiger partial charge in [-0.25, -0.2) is 24.1 Å². The Labute approximate surface area is 338 Å². The summed E-state index contributed by atoms with van der Waals surface area (Å²) in [6.07, 6.45) is -0.115. The van der Waals surface area contributed by atoms with E-state index in [0.717, 1.165) is 25.7 Å². The van der Waals surface area contributed by atoms with Crippen LogP contribution in [0.5, 0.6) is 0 Å². The molecule has 0 radical (unpaired) electrons. The Kier molecular flexibility index (Phi) is 21.2. The molecule has 0 aliphatic carbocycles. The fourth-order valence-electron chi connectivity index (χ4n) is 6.43. The van der Waals surface area contributed by atoms with E-state index in [4.69, 9.17) is 18.9 Å². The molecule has 1 aliphatic rings. The lowest BCUT2D eigenvalue weighted by Crippen LogP contribution is -2.78. The zero-order valence-corrected chi connectivity index (χ0v) is 35.3. The number of amides is 5. The number of fused-ring (bicyclic) bond motifs is 1. The minimum atomic E-state index is -2.50. The molecule has 57 heavy (non-hydrogen) atoms. The zero-order valence-electron chi connectivity index (χ0n) is 35.3. The summed E-state index contributed by atoms with van der Waals surface area (Å²) in [5, 5.41) is 13.6. The highest BCUT2D eigenvalue weighted by Crippen LogP contribution is 2.39. The topological polar surface area (TPSA) is 206 Å². The minimum Gasteiger partial charge on any atom is -0.430 e. The first-order valence-corrected chi connectivity index (χ1v) is 20.6. The first-order chi connectivity index (χ1) is 27.2. The van der Waals surface area contributed by atoms with Crippen LogP contribution in [-0.2, 0) is 18.9 Å². The van der Waals surface area contributed by atoms with Crippen molar-refractivity contribution in [3.05, 3.63) is 35.4 Å². The lowest BCUT2D eigenvalue weighted by Gasteiger charge is -2.55. The van der Waals surface area contributed by atoms with Gasteiger partial charge < -0.3 is 45.5 Å². The molecule has 0 saturated carbocycles. The fraction of sp³-hybridized carbons (Fsp3) is 0.700. The molecule has 1 aromatic rings. The molecule has 0 bridgehead atoms. The second-order valence-electron chi connectivity index (χ2n) is 14.1. The van der Waals surface area contributed by atoms with Crippen LogP contribution in [0.25, 0.3) is 0 Å². The first kappa shape index (κ1) is 48.5. The number of nitrogens with zero attached hydrogens (tertiary/aromatic N) is 2. The van der Waals surface area contributed by atoms with Crippen molar-refractivity contribution in [2.45, 2.75) is 150 Å². The van der Waals surface area contributed by atoms with E-state index in [1.165, 1.54) is 35.8 Å². The van der Waals surface area contributed by atoms with Crippen molar-refractivity contribution >= 4 is 36.1 Å². The summed E-state index contributed by atoms with van der Waals surface area (Å²) in [6.45, 7) is 15.4. The summed E-state index contributed by atoms with van der Waals surface area (Å²) in [7, 11) is 0. The first-order valence-electron chi connectivity index (χ1n) is 20.6. The van der Waals surface area contributed by atoms with Gasteiger partial charge in [0.1, 0.15) is 0 Å². The van der Waals surface area contributed by atoms with Crippen LogP contribution in [0.3, 0.4) is 0 Å². The van der Waals surface area contributed by atoms with Crippen molar-refractivity contribution in [1.29, 1.82) is 0 Å². The number of Topliss-reactive ketones (excluding diaryl/α,β-unsaturated/α-hetero) is 1. The maximum Gasteiger partial charge on any atom is 0.410 e. The van der Waals surface area contributed by atoms with E-state index in [2.05, 4.69) is 26.6 Å². The number of ether oxygens (including phenoxy) is 4. The fourth-order valence-corrected chi connectivity index (χ4v) is 6.43. The molecular weight excluding hydrogens is 738 g/mol. The van der Waals surface area contributed by atoms with Gasteiger partial charge in [-0.05, 0) is 52.0 Å². The van der Waals surface area contributed by atoms with Crippen molar-refractivity contribution in [3.63, 3.8) is 0 Å². The van der Waals surface area contributed by atoms with Gasteiger partial charge in [0.2, 0.25) is 5.85 Å². The molecule has 4 atom stereocenters. The van der Waals surface area contributed by atoms with Crippen LogP contribution in [0, 0.1) is 0 Å². The Bertz CT molecular complexity index is 1430. The van der Waals surface area contributed by atoms with Gasteiger partial charge in [-0.15, -0.1) is 0 Å². The summed E-state index contributed by atoms with van der Waals surface area (Å²) >= 11 is 0. The molecule has 1 heterocycles. The summed E-state index contributed by atoms with van der Waals surface area (Å²) in [4.78, 5) is 85.6. The Morgan fingerprint density at radius 3 is 1.67 bits per heavy atom. The van der Waals surface area contributed by atoms with E-state index in [-0.39, 0.29) is 37.3 Å². The molecule has 0 saturated heterocycles. The third-order valence-electron chi connectivity index (χ3n) is 9.41. The van der Waals surface area contributed by atoms with Crippen molar-refractivity contribution in [1.82, 2.24) is 36.4 Å². The van der Waals surface area contributed by atoms with Gasteiger partial charge >= 0.3 is 24.4 Å². The van der Waals surface area contributed by atoms with Crippen molar-refractivity contribution in [2.75, 3.05) is 32.7 Å². The summed E-state index contributed by atoms with van der Waals surface area (Å²) in [6, 6.07) is 6.14. The quantitative estimate of drug-likeness (QED) is 0.0430.